The number of aromatic nitrogens is 3. The van der Waals surface area contributed by atoms with E-state index in [4.69, 9.17) is 11.6 Å². The second-order valence-electron chi connectivity index (χ2n) is 8.44. The monoisotopic (exact) mass is 493 g/mol. The average Bonchev–Trinajstić information content (AvgIpc) is 3.26. The van der Waals surface area contributed by atoms with E-state index in [1.807, 2.05) is 68.1 Å². The lowest BCUT2D eigenvalue weighted by molar-refractivity contribution is -0.119. The molecule has 1 heterocycles. The minimum Gasteiger partial charge on any atom is -0.349 e. The number of hydrogen-bond donors (Lipinski definition) is 1. The molecule has 0 aliphatic rings. The quantitative estimate of drug-likeness (QED) is 0.320. The summed E-state index contributed by atoms with van der Waals surface area (Å²) in [6, 6.07) is 21.9. The van der Waals surface area contributed by atoms with Gasteiger partial charge in [-0.15, -0.1) is 10.2 Å². The molecule has 1 N–H and O–H groups in total. The first-order chi connectivity index (χ1) is 16.3. The van der Waals surface area contributed by atoms with Crippen molar-refractivity contribution in [3.8, 4) is 5.69 Å². The van der Waals surface area contributed by atoms with Crippen molar-refractivity contribution in [2.45, 2.75) is 31.1 Å². The van der Waals surface area contributed by atoms with E-state index in [0.29, 0.717) is 10.2 Å². The number of carbonyl (C=O) groups excluding carboxylic acids is 1. The van der Waals surface area contributed by atoms with Gasteiger partial charge in [0, 0.05) is 10.7 Å². The molecule has 6 nitrogen and oxygen atoms in total. The van der Waals surface area contributed by atoms with Crippen LogP contribution < -0.4 is 5.32 Å². The van der Waals surface area contributed by atoms with Crippen LogP contribution in [0.3, 0.4) is 0 Å². The van der Waals surface area contributed by atoms with E-state index < -0.39 is 0 Å². The Labute approximate surface area is 209 Å². The molecule has 0 fully saturated rings. The van der Waals surface area contributed by atoms with E-state index in [0.717, 1.165) is 27.8 Å². The van der Waals surface area contributed by atoms with Gasteiger partial charge in [-0.2, -0.15) is 0 Å². The lowest BCUT2D eigenvalue weighted by Gasteiger charge is -2.20. The van der Waals surface area contributed by atoms with E-state index in [-0.39, 0.29) is 23.7 Å². The van der Waals surface area contributed by atoms with E-state index in [1.54, 1.807) is 0 Å². The highest BCUT2D eigenvalue weighted by atomic mass is 35.5. The standard InChI is InChI=1S/C26H28ClN5OS/c1-17(22-11-7-9-19-8-5-6-10-23(19)22)28-24(33)16-34-26-30-29-25(18(2)31(3)4)32(26)21-14-12-20(27)13-15-21/h5-15,17-18H,16H2,1-4H3,(H,28,33). The minimum absolute atomic E-state index is 0.0396. The topological polar surface area (TPSA) is 63.1 Å². The summed E-state index contributed by atoms with van der Waals surface area (Å²) in [7, 11) is 4.00. The summed E-state index contributed by atoms with van der Waals surface area (Å²) in [4.78, 5) is 14.9. The third-order valence-electron chi connectivity index (χ3n) is 5.89. The van der Waals surface area contributed by atoms with Gasteiger partial charge in [-0.05, 0) is 68.5 Å². The Bertz CT molecular complexity index is 1280. The normalized spacial score (nSPS) is 13.2. The molecule has 4 rings (SSSR count). The number of fused-ring (bicyclic) bond motifs is 1. The molecule has 4 aromatic rings. The van der Waals surface area contributed by atoms with Crippen LogP contribution in [0.2, 0.25) is 5.02 Å². The summed E-state index contributed by atoms with van der Waals surface area (Å²) in [5.41, 5.74) is 2.01. The number of benzene rings is 3. The molecular formula is C26H28ClN5OS. The smallest absolute Gasteiger partial charge is 0.230 e. The maximum atomic E-state index is 12.9. The Morgan fingerprint density at radius 1 is 1.03 bits per heavy atom. The van der Waals surface area contributed by atoms with E-state index in [1.165, 1.54) is 11.8 Å². The minimum atomic E-state index is -0.113. The summed E-state index contributed by atoms with van der Waals surface area (Å²) in [6.45, 7) is 4.08. The highest BCUT2D eigenvalue weighted by molar-refractivity contribution is 7.99. The number of thioether (sulfide) groups is 1. The lowest BCUT2D eigenvalue weighted by atomic mass is 10.00. The highest BCUT2D eigenvalue weighted by Crippen LogP contribution is 2.28. The zero-order valence-electron chi connectivity index (χ0n) is 19.7. The molecule has 3 aromatic carbocycles. The molecule has 0 saturated heterocycles. The Hall–Kier alpha value is -2.87. The first-order valence-electron chi connectivity index (χ1n) is 11.1. The van der Waals surface area contributed by atoms with Crippen LogP contribution in [0, 0.1) is 0 Å². The molecule has 2 unspecified atom stereocenters. The molecule has 1 amide bonds. The molecule has 0 aliphatic heterocycles. The SMILES string of the molecule is CC(NC(=O)CSc1nnc(C(C)N(C)C)n1-c1ccc(Cl)cc1)c1cccc2ccccc12. The second kappa shape index (κ2) is 10.6. The van der Waals surface area contributed by atoms with Crippen LogP contribution in [0.5, 0.6) is 0 Å². The Morgan fingerprint density at radius 3 is 2.47 bits per heavy atom. The van der Waals surface area contributed by atoms with E-state index in [2.05, 4.69) is 51.6 Å². The van der Waals surface area contributed by atoms with Crippen molar-refractivity contribution < 1.29 is 4.79 Å². The molecule has 176 valence electrons. The first kappa shape index (κ1) is 24.3. The molecule has 0 radical (unpaired) electrons. The van der Waals surface area contributed by atoms with E-state index in [9.17, 15) is 4.79 Å². The molecule has 34 heavy (non-hydrogen) atoms. The van der Waals surface area contributed by atoms with Crippen LogP contribution in [-0.4, -0.2) is 45.4 Å². The third-order valence-corrected chi connectivity index (χ3v) is 7.07. The van der Waals surface area contributed by atoms with Crippen LogP contribution in [0.4, 0.5) is 0 Å². The Kier molecular flexibility index (Phi) is 7.56. The molecule has 0 saturated carbocycles. The van der Waals surface area contributed by atoms with Gasteiger partial charge < -0.3 is 5.32 Å². The molecule has 0 aliphatic carbocycles. The van der Waals surface area contributed by atoms with Crippen LogP contribution in [0.1, 0.15) is 37.3 Å². The number of carbonyl (C=O) groups is 1. The summed E-state index contributed by atoms with van der Waals surface area (Å²) in [6.07, 6.45) is 0. The number of hydrogen-bond acceptors (Lipinski definition) is 5. The summed E-state index contributed by atoms with van der Waals surface area (Å²) in [5, 5.41) is 15.6. The third kappa shape index (κ3) is 5.27. The van der Waals surface area contributed by atoms with Crippen LogP contribution in [0.15, 0.2) is 71.9 Å². The molecular weight excluding hydrogens is 466 g/mol. The fourth-order valence-electron chi connectivity index (χ4n) is 3.83. The van der Waals surface area contributed by atoms with Gasteiger partial charge in [-0.25, -0.2) is 0 Å². The van der Waals surface area contributed by atoms with E-state index >= 15 is 0 Å². The largest absolute Gasteiger partial charge is 0.349 e. The van der Waals surface area contributed by atoms with Crippen molar-refractivity contribution in [2.24, 2.45) is 0 Å². The Morgan fingerprint density at radius 2 is 1.74 bits per heavy atom. The predicted octanol–water partition coefficient (Wildman–Crippen LogP) is 5.67. The molecule has 0 spiro atoms. The number of rotatable bonds is 8. The maximum absolute atomic E-state index is 12.9. The molecule has 2 atom stereocenters. The summed E-state index contributed by atoms with van der Waals surface area (Å²) < 4.78 is 1.99. The maximum Gasteiger partial charge on any atom is 0.230 e. The zero-order chi connectivity index (χ0) is 24.2. The van der Waals surface area contributed by atoms with Crippen molar-refractivity contribution in [1.29, 1.82) is 0 Å². The summed E-state index contributed by atoms with van der Waals surface area (Å²) in [5.74, 6) is 0.981. The predicted molar refractivity (Wildman–Crippen MR) is 140 cm³/mol. The van der Waals surface area contributed by atoms with Crippen molar-refractivity contribution in [2.75, 3.05) is 19.8 Å². The number of halogens is 1. The van der Waals surface area contributed by atoms with Crippen molar-refractivity contribution >= 4 is 40.0 Å². The van der Waals surface area contributed by atoms with Crippen molar-refractivity contribution in [3.63, 3.8) is 0 Å². The van der Waals surface area contributed by atoms with Gasteiger partial charge in [-0.3, -0.25) is 14.3 Å². The van der Waals surface area contributed by atoms with Gasteiger partial charge in [-0.1, -0.05) is 65.8 Å². The van der Waals surface area contributed by atoms with Gasteiger partial charge in [0.05, 0.1) is 17.8 Å². The van der Waals surface area contributed by atoms with Gasteiger partial charge in [0.2, 0.25) is 5.91 Å². The van der Waals surface area contributed by atoms with Crippen LogP contribution in [0.25, 0.3) is 16.5 Å². The van der Waals surface area contributed by atoms with Gasteiger partial charge in [0.15, 0.2) is 11.0 Å². The van der Waals surface area contributed by atoms with Gasteiger partial charge in [0.25, 0.3) is 0 Å². The first-order valence-corrected chi connectivity index (χ1v) is 12.5. The van der Waals surface area contributed by atoms with Crippen LogP contribution >= 0.6 is 23.4 Å². The number of nitrogens with zero attached hydrogens (tertiary/aromatic N) is 4. The van der Waals surface area contributed by atoms with Gasteiger partial charge >= 0.3 is 0 Å². The average molecular weight is 494 g/mol. The molecule has 8 heteroatoms. The molecule has 0 bridgehead atoms. The lowest BCUT2D eigenvalue weighted by Crippen LogP contribution is -2.28. The highest BCUT2D eigenvalue weighted by Gasteiger charge is 2.22. The zero-order valence-corrected chi connectivity index (χ0v) is 21.3. The number of amides is 1. The Balaban J connectivity index is 1.51. The second-order valence-corrected chi connectivity index (χ2v) is 9.82. The fourth-order valence-corrected chi connectivity index (χ4v) is 4.72. The molecule has 1 aromatic heterocycles. The van der Waals surface area contributed by atoms with Gasteiger partial charge in [0.1, 0.15) is 0 Å². The summed E-state index contributed by atoms with van der Waals surface area (Å²) >= 11 is 7.47. The van der Waals surface area contributed by atoms with Crippen LogP contribution in [-0.2, 0) is 4.79 Å². The fraction of sp³-hybridized carbons (Fsp3) is 0.269. The number of nitrogens with one attached hydrogen (secondary N) is 1. The van der Waals surface area contributed by atoms with Crippen molar-refractivity contribution in [3.05, 3.63) is 83.1 Å². The van der Waals surface area contributed by atoms with Crippen molar-refractivity contribution in [1.82, 2.24) is 25.0 Å².